The highest BCUT2D eigenvalue weighted by molar-refractivity contribution is 6.21. The van der Waals surface area contributed by atoms with E-state index in [1.165, 1.54) is 6.92 Å². The number of hydrogen-bond acceptors (Lipinski definition) is 4. The maximum atomic E-state index is 11.9. The van der Waals surface area contributed by atoms with Gasteiger partial charge < -0.3 is 15.2 Å². The van der Waals surface area contributed by atoms with Gasteiger partial charge in [0.1, 0.15) is 0 Å². The number of aliphatic hydroxyl groups excluding tert-OH is 1. The van der Waals surface area contributed by atoms with Gasteiger partial charge in [0.25, 0.3) is 0 Å². The molecule has 0 aromatic heterocycles. The van der Waals surface area contributed by atoms with Crippen molar-refractivity contribution < 1.29 is 14.6 Å². The number of amides is 1. The third-order valence-corrected chi connectivity index (χ3v) is 6.24. The first-order valence-corrected chi connectivity index (χ1v) is 9.29. The quantitative estimate of drug-likeness (QED) is 0.724. The summed E-state index contributed by atoms with van der Waals surface area (Å²) >= 11 is 6.28. The molecule has 1 saturated carbocycles. The molecule has 1 aromatic rings. The van der Waals surface area contributed by atoms with Gasteiger partial charge in [0.15, 0.2) is 0 Å². The van der Waals surface area contributed by atoms with E-state index >= 15 is 0 Å². The summed E-state index contributed by atoms with van der Waals surface area (Å²) < 4.78 is 6.53. The van der Waals surface area contributed by atoms with E-state index in [9.17, 15) is 9.90 Å². The fourth-order valence-corrected chi connectivity index (χ4v) is 4.75. The second kappa shape index (κ2) is 8.04. The van der Waals surface area contributed by atoms with Crippen molar-refractivity contribution >= 4 is 17.7 Å². The number of benzene rings is 1. The van der Waals surface area contributed by atoms with E-state index in [-0.39, 0.29) is 11.9 Å². The van der Waals surface area contributed by atoms with Crippen molar-refractivity contribution in [2.75, 3.05) is 13.7 Å². The topological polar surface area (TPSA) is 61.8 Å². The van der Waals surface area contributed by atoms with Crippen LogP contribution in [-0.2, 0) is 16.0 Å². The first-order valence-electron chi connectivity index (χ1n) is 8.95. The maximum absolute atomic E-state index is 11.9. The van der Waals surface area contributed by atoms with Crippen LogP contribution in [0.4, 0.5) is 0 Å². The molecule has 6 unspecified atom stereocenters. The molecule has 0 radical (unpaired) electrons. The molecule has 5 nitrogen and oxygen atoms in total. The molecule has 2 fully saturated rings. The number of carbonyl (C=O) groups is 1. The molecule has 1 saturated heterocycles. The van der Waals surface area contributed by atoms with Gasteiger partial charge in [-0.1, -0.05) is 30.3 Å². The minimum atomic E-state index is -0.726. The predicted octanol–water partition coefficient (Wildman–Crippen LogP) is 1.97. The third kappa shape index (κ3) is 3.85. The predicted molar refractivity (Wildman–Crippen MR) is 97.1 cm³/mol. The fourth-order valence-electron chi connectivity index (χ4n) is 4.57. The van der Waals surface area contributed by atoms with E-state index in [0.29, 0.717) is 30.9 Å². The number of fused-ring (bicyclic) bond motifs is 2. The number of carbonyl (C=O) groups excluding carboxylic acids is 1. The lowest BCUT2D eigenvalue weighted by Gasteiger charge is -2.36. The number of aliphatic hydroxyl groups is 1. The third-order valence-electron chi connectivity index (χ3n) is 5.75. The van der Waals surface area contributed by atoms with Gasteiger partial charge in [-0.15, -0.1) is 0 Å². The molecule has 2 aliphatic rings. The van der Waals surface area contributed by atoms with Crippen molar-refractivity contribution in [3.63, 3.8) is 0 Å². The van der Waals surface area contributed by atoms with Crippen molar-refractivity contribution in [2.45, 2.75) is 50.4 Å². The summed E-state index contributed by atoms with van der Waals surface area (Å²) in [6, 6.07) is 9.69. The average Bonchev–Trinajstić information content (AvgIpc) is 3.17. The summed E-state index contributed by atoms with van der Waals surface area (Å²) in [4.78, 5) is 11.9. The lowest BCUT2D eigenvalue weighted by molar-refractivity contribution is -0.128. The molecule has 6 heteroatoms. The molecule has 1 aliphatic heterocycles. The van der Waals surface area contributed by atoms with Gasteiger partial charge in [0.2, 0.25) is 5.91 Å². The molecule has 1 aromatic carbocycles. The van der Waals surface area contributed by atoms with Crippen molar-refractivity contribution in [2.24, 2.45) is 11.8 Å². The number of piperidine rings is 1. The van der Waals surface area contributed by atoms with E-state index in [4.69, 9.17) is 16.5 Å². The second-order valence-corrected chi connectivity index (χ2v) is 7.60. The largest absolute Gasteiger partial charge is 0.389 e. The highest BCUT2D eigenvalue weighted by Gasteiger charge is 2.51. The SMILES string of the molecule is COCC1C2CCC1C(C(O)C(Cc1ccccc1)N(Cl)C(C)=O)N2. The van der Waals surface area contributed by atoms with Crippen molar-refractivity contribution in [1.29, 1.82) is 0 Å². The molecule has 2 N–H and O–H groups in total. The Morgan fingerprint density at radius 2 is 2.12 bits per heavy atom. The summed E-state index contributed by atoms with van der Waals surface area (Å²) in [6.45, 7) is 2.13. The first-order chi connectivity index (χ1) is 12.0. The van der Waals surface area contributed by atoms with Gasteiger partial charge in [0.05, 0.1) is 18.8 Å². The number of halogens is 1. The molecule has 6 atom stereocenters. The Hall–Kier alpha value is -1.14. The van der Waals surface area contributed by atoms with Gasteiger partial charge in [0, 0.05) is 43.8 Å². The highest BCUT2D eigenvalue weighted by Crippen LogP contribution is 2.43. The Kier molecular flexibility index (Phi) is 6.00. The molecule has 25 heavy (non-hydrogen) atoms. The van der Waals surface area contributed by atoms with E-state index in [1.807, 2.05) is 30.3 Å². The standard InChI is InChI=1S/C19H27ClN2O3/c1-12(23)22(20)17(10-13-6-4-3-5-7-13)19(24)18-14-8-9-16(21-18)15(14)11-25-2/h3-7,14-19,21,24H,8-11H2,1-2H3. The van der Waals surface area contributed by atoms with Crippen LogP contribution in [0.5, 0.6) is 0 Å². The monoisotopic (exact) mass is 366 g/mol. The average molecular weight is 367 g/mol. The minimum absolute atomic E-state index is 0.0618. The number of nitrogens with one attached hydrogen (secondary N) is 1. The molecule has 1 heterocycles. The summed E-state index contributed by atoms with van der Waals surface area (Å²) in [5.41, 5.74) is 1.05. The maximum Gasteiger partial charge on any atom is 0.234 e. The Bertz CT molecular complexity index is 585. The Morgan fingerprint density at radius 3 is 2.76 bits per heavy atom. The number of rotatable bonds is 7. The van der Waals surface area contributed by atoms with Gasteiger partial charge in [-0.25, -0.2) is 4.42 Å². The molecule has 1 aliphatic carbocycles. The van der Waals surface area contributed by atoms with E-state index < -0.39 is 12.1 Å². The number of nitrogens with zero attached hydrogens (tertiary/aromatic N) is 1. The van der Waals surface area contributed by atoms with Crippen molar-refractivity contribution in [3.05, 3.63) is 35.9 Å². The summed E-state index contributed by atoms with van der Waals surface area (Å²) in [7, 11) is 1.72. The van der Waals surface area contributed by atoms with Crippen LogP contribution in [-0.4, -0.2) is 53.4 Å². The summed E-state index contributed by atoms with van der Waals surface area (Å²) in [5, 5.41) is 14.7. The van der Waals surface area contributed by atoms with Crippen LogP contribution < -0.4 is 5.32 Å². The normalized spacial score (nSPS) is 30.2. The Labute approximate surface area is 154 Å². The molecule has 3 rings (SSSR count). The second-order valence-electron chi connectivity index (χ2n) is 7.24. The van der Waals surface area contributed by atoms with Crippen LogP contribution in [0.15, 0.2) is 30.3 Å². The lowest BCUT2D eigenvalue weighted by Crippen LogP contribution is -2.54. The molecule has 2 bridgehead atoms. The van der Waals surface area contributed by atoms with Crippen LogP contribution in [0, 0.1) is 11.8 Å². The van der Waals surface area contributed by atoms with Gasteiger partial charge in [-0.3, -0.25) is 4.79 Å². The molecule has 0 spiro atoms. The summed E-state index contributed by atoms with van der Waals surface area (Å²) in [6.07, 6.45) is 1.99. The zero-order chi connectivity index (χ0) is 18.0. The van der Waals surface area contributed by atoms with Gasteiger partial charge >= 0.3 is 0 Å². The smallest absolute Gasteiger partial charge is 0.234 e. The highest BCUT2D eigenvalue weighted by atomic mass is 35.5. The summed E-state index contributed by atoms with van der Waals surface area (Å²) in [5.74, 6) is 0.525. The fraction of sp³-hybridized carbons (Fsp3) is 0.632. The number of hydrogen-bond donors (Lipinski definition) is 2. The van der Waals surface area contributed by atoms with Crippen molar-refractivity contribution in [1.82, 2.24) is 9.74 Å². The van der Waals surface area contributed by atoms with Crippen LogP contribution in [0.25, 0.3) is 0 Å². The number of ether oxygens (including phenoxy) is 1. The number of methoxy groups -OCH3 is 1. The van der Waals surface area contributed by atoms with Crippen LogP contribution >= 0.6 is 11.8 Å². The van der Waals surface area contributed by atoms with Crippen LogP contribution in [0.2, 0.25) is 0 Å². The zero-order valence-corrected chi connectivity index (χ0v) is 15.5. The van der Waals surface area contributed by atoms with E-state index in [1.54, 1.807) is 7.11 Å². The minimum Gasteiger partial charge on any atom is -0.389 e. The van der Waals surface area contributed by atoms with E-state index in [0.717, 1.165) is 22.8 Å². The van der Waals surface area contributed by atoms with Gasteiger partial charge in [-0.05, 0) is 30.7 Å². The Balaban J connectivity index is 1.77. The van der Waals surface area contributed by atoms with Crippen LogP contribution in [0.1, 0.15) is 25.3 Å². The Morgan fingerprint density at radius 1 is 1.40 bits per heavy atom. The molecule has 1 amide bonds. The first kappa shape index (κ1) is 18.6. The lowest BCUT2D eigenvalue weighted by atomic mass is 9.85. The van der Waals surface area contributed by atoms with Gasteiger partial charge in [-0.2, -0.15) is 0 Å². The zero-order valence-electron chi connectivity index (χ0n) is 14.8. The van der Waals surface area contributed by atoms with Crippen molar-refractivity contribution in [3.8, 4) is 0 Å². The molecule has 138 valence electrons. The van der Waals surface area contributed by atoms with E-state index in [2.05, 4.69) is 5.32 Å². The molecular formula is C19H27ClN2O3. The van der Waals surface area contributed by atoms with Crippen LogP contribution in [0.3, 0.4) is 0 Å². The molecular weight excluding hydrogens is 340 g/mol.